The average Bonchev–Trinajstić information content (AvgIpc) is 2.90. The van der Waals surface area contributed by atoms with Crippen LogP contribution in [0.15, 0.2) is 6.07 Å². The summed E-state index contributed by atoms with van der Waals surface area (Å²) in [5, 5.41) is 0. The number of nitrogens with zero attached hydrogens (tertiary/aromatic N) is 1. The van der Waals surface area contributed by atoms with Gasteiger partial charge < -0.3 is 4.90 Å². The Morgan fingerprint density at radius 2 is 2.17 bits per heavy atom. The first kappa shape index (κ1) is 12.7. The topological polar surface area (TPSA) is 20.3 Å². The van der Waals surface area contributed by atoms with Crippen LogP contribution in [0.1, 0.15) is 45.8 Å². The smallest absolute Gasteiger partial charge is 0.263 e. The first-order valence-corrected chi connectivity index (χ1v) is 8.52. The molecule has 0 radical (unpaired) electrons. The summed E-state index contributed by atoms with van der Waals surface area (Å²) >= 11 is 5.33. The quantitative estimate of drug-likeness (QED) is 0.569. The van der Waals surface area contributed by atoms with E-state index in [2.05, 4.69) is 22.0 Å². The SMILES string of the molecule is O=C(c1cc2c(s1)CCCCC2)N1CCC(Br)C1. The van der Waals surface area contributed by atoms with Gasteiger partial charge >= 0.3 is 0 Å². The maximum atomic E-state index is 12.4. The van der Waals surface area contributed by atoms with E-state index in [1.165, 1.54) is 42.5 Å². The summed E-state index contributed by atoms with van der Waals surface area (Å²) in [6.45, 7) is 1.76. The molecule has 0 N–H and O–H groups in total. The van der Waals surface area contributed by atoms with Crippen molar-refractivity contribution in [3.8, 4) is 0 Å². The van der Waals surface area contributed by atoms with E-state index in [0.717, 1.165) is 24.4 Å². The number of halogens is 1. The number of aryl methyl sites for hydroxylation is 2. The second kappa shape index (κ2) is 5.33. The number of carbonyl (C=O) groups is 1. The lowest BCUT2D eigenvalue weighted by atomic mass is 10.1. The van der Waals surface area contributed by atoms with Crippen LogP contribution < -0.4 is 0 Å². The van der Waals surface area contributed by atoms with Crippen molar-refractivity contribution >= 4 is 33.2 Å². The number of carbonyl (C=O) groups excluding carboxylic acids is 1. The molecule has 0 spiro atoms. The fourth-order valence-corrected chi connectivity index (χ4v) is 4.61. The Balaban J connectivity index is 1.78. The van der Waals surface area contributed by atoms with Crippen LogP contribution in [0.5, 0.6) is 0 Å². The van der Waals surface area contributed by atoms with Crippen molar-refractivity contribution < 1.29 is 4.79 Å². The molecule has 2 aliphatic rings. The highest BCUT2D eigenvalue weighted by Gasteiger charge is 2.27. The molecule has 0 bridgehead atoms. The number of alkyl halides is 1. The van der Waals surface area contributed by atoms with Gasteiger partial charge in [-0.05, 0) is 43.7 Å². The molecule has 1 fully saturated rings. The molecule has 1 aliphatic carbocycles. The molecule has 1 atom stereocenters. The monoisotopic (exact) mass is 327 g/mol. The Labute approximate surface area is 120 Å². The molecule has 2 heterocycles. The molecule has 1 aromatic rings. The third-order valence-electron chi connectivity index (χ3n) is 3.88. The Kier molecular flexibility index (Phi) is 3.76. The van der Waals surface area contributed by atoms with Crippen molar-refractivity contribution in [1.82, 2.24) is 4.90 Å². The second-order valence-electron chi connectivity index (χ2n) is 5.26. The van der Waals surface area contributed by atoms with Gasteiger partial charge in [0.05, 0.1) is 4.88 Å². The van der Waals surface area contributed by atoms with Crippen LogP contribution in [0.2, 0.25) is 0 Å². The highest BCUT2D eigenvalue weighted by molar-refractivity contribution is 9.09. The molecule has 1 saturated heterocycles. The van der Waals surface area contributed by atoms with Gasteiger partial charge in [0.15, 0.2) is 0 Å². The lowest BCUT2D eigenvalue weighted by Crippen LogP contribution is -2.28. The number of amides is 1. The summed E-state index contributed by atoms with van der Waals surface area (Å²) in [6.07, 6.45) is 7.33. The Hall–Kier alpha value is -0.350. The third kappa shape index (κ3) is 2.50. The molecule has 18 heavy (non-hydrogen) atoms. The summed E-state index contributed by atoms with van der Waals surface area (Å²) in [4.78, 5) is 17.3. The van der Waals surface area contributed by atoms with E-state index in [1.54, 1.807) is 11.3 Å². The van der Waals surface area contributed by atoms with E-state index in [0.29, 0.717) is 4.83 Å². The molecular weight excluding hydrogens is 310 g/mol. The second-order valence-corrected chi connectivity index (χ2v) is 7.69. The summed E-state index contributed by atoms with van der Waals surface area (Å²) in [7, 11) is 0. The average molecular weight is 328 g/mol. The van der Waals surface area contributed by atoms with Crippen molar-refractivity contribution in [2.24, 2.45) is 0 Å². The van der Waals surface area contributed by atoms with Gasteiger partial charge in [-0.25, -0.2) is 0 Å². The molecule has 3 rings (SSSR count). The summed E-state index contributed by atoms with van der Waals surface area (Å²) in [5.41, 5.74) is 1.44. The Morgan fingerprint density at radius 1 is 1.33 bits per heavy atom. The molecule has 98 valence electrons. The number of fused-ring (bicyclic) bond motifs is 1. The van der Waals surface area contributed by atoms with Crippen LogP contribution in [0, 0.1) is 0 Å². The first-order chi connectivity index (χ1) is 8.74. The van der Waals surface area contributed by atoms with E-state index in [1.807, 2.05) is 4.90 Å². The maximum Gasteiger partial charge on any atom is 0.263 e. The molecule has 0 aromatic carbocycles. The zero-order valence-corrected chi connectivity index (χ0v) is 12.9. The van der Waals surface area contributed by atoms with Crippen molar-refractivity contribution in [2.75, 3.05) is 13.1 Å². The summed E-state index contributed by atoms with van der Waals surface area (Å²) in [5.74, 6) is 0.245. The van der Waals surface area contributed by atoms with Gasteiger partial charge in [0.2, 0.25) is 0 Å². The fraction of sp³-hybridized carbons (Fsp3) is 0.643. The van der Waals surface area contributed by atoms with E-state index in [9.17, 15) is 4.79 Å². The standard InChI is InChI=1S/C14H18BrNOS/c15-11-6-7-16(9-11)14(17)13-8-10-4-2-1-3-5-12(10)18-13/h8,11H,1-7,9H2. The summed E-state index contributed by atoms with van der Waals surface area (Å²) in [6, 6.07) is 2.16. The van der Waals surface area contributed by atoms with Gasteiger partial charge in [-0.2, -0.15) is 0 Å². The molecule has 1 aliphatic heterocycles. The molecule has 1 unspecified atom stereocenters. The molecular formula is C14H18BrNOS. The van der Waals surface area contributed by atoms with Crippen LogP contribution >= 0.6 is 27.3 Å². The lowest BCUT2D eigenvalue weighted by molar-refractivity contribution is 0.0798. The van der Waals surface area contributed by atoms with Crippen LogP contribution in [0.3, 0.4) is 0 Å². The van der Waals surface area contributed by atoms with Crippen LogP contribution in [0.4, 0.5) is 0 Å². The minimum atomic E-state index is 0.245. The predicted octanol–water partition coefficient (Wildman–Crippen LogP) is 3.63. The molecule has 1 amide bonds. The number of likely N-dealkylation sites (tertiary alicyclic amines) is 1. The van der Waals surface area contributed by atoms with Crippen molar-refractivity contribution in [2.45, 2.75) is 43.4 Å². The highest BCUT2D eigenvalue weighted by Crippen LogP contribution is 2.30. The third-order valence-corrected chi connectivity index (χ3v) is 5.85. The van der Waals surface area contributed by atoms with Gasteiger partial charge in [-0.15, -0.1) is 11.3 Å². The lowest BCUT2D eigenvalue weighted by Gasteiger charge is -2.13. The molecule has 2 nitrogen and oxygen atoms in total. The van der Waals surface area contributed by atoms with E-state index < -0.39 is 0 Å². The fourth-order valence-electron chi connectivity index (χ4n) is 2.83. The van der Waals surface area contributed by atoms with Gasteiger partial charge in [-0.3, -0.25) is 4.79 Å². The van der Waals surface area contributed by atoms with Crippen molar-refractivity contribution in [3.05, 3.63) is 21.4 Å². The van der Waals surface area contributed by atoms with Gasteiger partial charge in [0.25, 0.3) is 5.91 Å². The zero-order chi connectivity index (χ0) is 12.5. The molecule has 0 saturated carbocycles. The minimum absolute atomic E-state index is 0.245. The zero-order valence-electron chi connectivity index (χ0n) is 10.5. The predicted molar refractivity (Wildman–Crippen MR) is 78.8 cm³/mol. The minimum Gasteiger partial charge on any atom is -0.337 e. The van der Waals surface area contributed by atoms with Crippen LogP contribution in [-0.2, 0) is 12.8 Å². The molecule has 4 heteroatoms. The number of rotatable bonds is 1. The van der Waals surface area contributed by atoms with Crippen LogP contribution in [0.25, 0.3) is 0 Å². The number of hydrogen-bond donors (Lipinski definition) is 0. The van der Waals surface area contributed by atoms with Gasteiger partial charge in [-0.1, -0.05) is 22.4 Å². The summed E-state index contributed by atoms with van der Waals surface area (Å²) < 4.78 is 0. The largest absolute Gasteiger partial charge is 0.337 e. The van der Waals surface area contributed by atoms with E-state index in [4.69, 9.17) is 0 Å². The number of thiophene rings is 1. The Morgan fingerprint density at radius 3 is 2.94 bits per heavy atom. The van der Waals surface area contributed by atoms with Crippen molar-refractivity contribution in [1.29, 1.82) is 0 Å². The molecule has 1 aromatic heterocycles. The van der Waals surface area contributed by atoms with E-state index in [-0.39, 0.29) is 5.91 Å². The highest BCUT2D eigenvalue weighted by atomic mass is 79.9. The maximum absolute atomic E-state index is 12.4. The normalized spacial score (nSPS) is 23.8. The number of hydrogen-bond acceptors (Lipinski definition) is 2. The Bertz CT molecular complexity index is 433. The van der Waals surface area contributed by atoms with Crippen molar-refractivity contribution in [3.63, 3.8) is 0 Å². The first-order valence-electron chi connectivity index (χ1n) is 6.79. The van der Waals surface area contributed by atoms with Gasteiger partial charge in [0, 0.05) is 22.8 Å². The van der Waals surface area contributed by atoms with E-state index >= 15 is 0 Å². The van der Waals surface area contributed by atoms with Gasteiger partial charge in [0.1, 0.15) is 0 Å². The van der Waals surface area contributed by atoms with Crippen LogP contribution in [-0.4, -0.2) is 28.7 Å².